The van der Waals surface area contributed by atoms with Crippen molar-refractivity contribution in [3.05, 3.63) is 0 Å². The molecule has 0 amide bonds. The molecule has 2 aliphatic carbocycles. The van der Waals surface area contributed by atoms with Crippen LogP contribution < -0.4 is 5.32 Å². The number of hydrogen-bond acceptors (Lipinski definition) is 2. The van der Waals surface area contributed by atoms with E-state index in [2.05, 4.69) is 31.1 Å². The normalized spacial score (nSPS) is 31.1. The zero-order chi connectivity index (χ0) is 15.1. The monoisotopic (exact) mass is 294 g/mol. The highest BCUT2D eigenvalue weighted by atomic mass is 15.1. The van der Waals surface area contributed by atoms with Crippen LogP contribution in [0.1, 0.15) is 78.1 Å². The Hall–Kier alpha value is -0.0800. The van der Waals surface area contributed by atoms with Crippen molar-refractivity contribution in [1.82, 2.24) is 10.2 Å². The third-order valence-corrected chi connectivity index (χ3v) is 5.92. The van der Waals surface area contributed by atoms with Gasteiger partial charge in [-0.1, -0.05) is 39.5 Å². The Bertz CT molecular complexity index is 273. The lowest BCUT2D eigenvalue weighted by molar-refractivity contribution is 0.127. The Morgan fingerprint density at radius 1 is 1.00 bits per heavy atom. The maximum absolute atomic E-state index is 3.85. The molecule has 2 heteroatoms. The van der Waals surface area contributed by atoms with Gasteiger partial charge >= 0.3 is 0 Å². The Balaban J connectivity index is 1.88. The van der Waals surface area contributed by atoms with Crippen LogP contribution in [0.4, 0.5) is 0 Å². The van der Waals surface area contributed by atoms with Crippen LogP contribution in [0.15, 0.2) is 0 Å². The maximum Gasteiger partial charge on any atom is 0.0108 e. The van der Waals surface area contributed by atoms with E-state index < -0.39 is 0 Å². The van der Waals surface area contributed by atoms with Crippen LogP contribution in [-0.4, -0.2) is 37.1 Å². The summed E-state index contributed by atoms with van der Waals surface area (Å²) in [7, 11) is 2.39. The second-order valence-electron chi connectivity index (χ2n) is 7.67. The standard InChI is InChI=1S/C19H38N2/c1-4-8-16-11-12-19(20-13-5-2)17(14-16)15-21(3)18-9-6-7-10-18/h16-20H,4-15H2,1-3H3. The van der Waals surface area contributed by atoms with Crippen molar-refractivity contribution in [3.8, 4) is 0 Å². The lowest BCUT2D eigenvalue weighted by Crippen LogP contribution is -2.47. The van der Waals surface area contributed by atoms with Crippen molar-refractivity contribution in [3.63, 3.8) is 0 Å². The average Bonchev–Trinajstić information content (AvgIpc) is 3.01. The molecule has 0 aromatic rings. The Morgan fingerprint density at radius 2 is 1.76 bits per heavy atom. The van der Waals surface area contributed by atoms with E-state index in [9.17, 15) is 0 Å². The predicted octanol–water partition coefficient (Wildman–Crippen LogP) is 4.45. The molecule has 124 valence electrons. The number of nitrogens with zero attached hydrogens (tertiary/aromatic N) is 1. The van der Waals surface area contributed by atoms with Crippen LogP contribution in [0.25, 0.3) is 0 Å². The van der Waals surface area contributed by atoms with Gasteiger partial charge in [-0.25, -0.2) is 0 Å². The zero-order valence-electron chi connectivity index (χ0n) is 14.7. The minimum absolute atomic E-state index is 0.780. The third-order valence-electron chi connectivity index (χ3n) is 5.92. The molecule has 2 nitrogen and oxygen atoms in total. The molecule has 2 fully saturated rings. The highest BCUT2D eigenvalue weighted by Crippen LogP contribution is 2.34. The first-order valence-electron chi connectivity index (χ1n) is 9.68. The van der Waals surface area contributed by atoms with Crippen molar-refractivity contribution < 1.29 is 0 Å². The third kappa shape index (κ3) is 5.25. The highest BCUT2D eigenvalue weighted by molar-refractivity contribution is 4.88. The van der Waals surface area contributed by atoms with Gasteiger partial charge in [0.05, 0.1) is 0 Å². The summed E-state index contributed by atoms with van der Waals surface area (Å²) in [4.78, 5) is 2.70. The summed E-state index contributed by atoms with van der Waals surface area (Å²) in [6.45, 7) is 7.16. The molecule has 3 atom stereocenters. The van der Waals surface area contributed by atoms with Crippen LogP contribution in [0.5, 0.6) is 0 Å². The Morgan fingerprint density at radius 3 is 2.43 bits per heavy atom. The second kappa shape index (κ2) is 9.15. The lowest BCUT2D eigenvalue weighted by atomic mass is 9.76. The van der Waals surface area contributed by atoms with Gasteiger partial charge in [-0.2, -0.15) is 0 Å². The predicted molar refractivity (Wildman–Crippen MR) is 92.7 cm³/mol. The molecule has 21 heavy (non-hydrogen) atoms. The van der Waals surface area contributed by atoms with E-state index >= 15 is 0 Å². The highest BCUT2D eigenvalue weighted by Gasteiger charge is 2.32. The molecule has 0 radical (unpaired) electrons. The molecule has 0 aromatic heterocycles. The molecule has 2 saturated carbocycles. The molecule has 3 unspecified atom stereocenters. The van der Waals surface area contributed by atoms with Gasteiger partial charge in [0.25, 0.3) is 0 Å². The van der Waals surface area contributed by atoms with Crippen LogP contribution in [0, 0.1) is 11.8 Å². The van der Waals surface area contributed by atoms with Crippen molar-refractivity contribution in [2.24, 2.45) is 11.8 Å². The molecule has 0 spiro atoms. The summed E-state index contributed by atoms with van der Waals surface area (Å²) in [5.41, 5.74) is 0. The fourth-order valence-corrected chi connectivity index (χ4v) is 4.70. The number of hydrogen-bond donors (Lipinski definition) is 1. The molecular weight excluding hydrogens is 256 g/mol. The fourth-order valence-electron chi connectivity index (χ4n) is 4.70. The summed E-state index contributed by atoms with van der Waals surface area (Å²) >= 11 is 0. The molecule has 0 aromatic carbocycles. The van der Waals surface area contributed by atoms with Gasteiger partial charge in [0.1, 0.15) is 0 Å². The minimum Gasteiger partial charge on any atom is -0.314 e. The van der Waals surface area contributed by atoms with Gasteiger partial charge in [0, 0.05) is 18.6 Å². The SMILES string of the molecule is CCCNC1CCC(CCC)CC1CN(C)C1CCCC1. The summed E-state index contributed by atoms with van der Waals surface area (Å²) in [6.07, 6.45) is 14.2. The van der Waals surface area contributed by atoms with E-state index in [0.717, 1.165) is 23.9 Å². The van der Waals surface area contributed by atoms with Crippen LogP contribution >= 0.6 is 0 Å². The topological polar surface area (TPSA) is 15.3 Å². The molecule has 0 heterocycles. The van der Waals surface area contributed by atoms with Crippen LogP contribution in [-0.2, 0) is 0 Å². The summed E-state index contributed by atoms with van der Waals surface area (Å²) < 4.78 is 0. The molecule has 0 bridgehead atoms. The summed E-state index contributed by atoms with van der Waals surface area (Å²) in [5.74, 6) is 1.88. The lowest BCUT2D eigenvalue weighted by Gasteiger charge is -2.40. The zero-order valence-corrected chi connectivity index (χ0v) is 14.7. The molecule has 0 saturated heterocycles. The van der Waals surface area contributed by atoms with E-state index in [-0.39, 0.29) is 0 Å². The van der Waals surface area contributed by atoms with E-state index in [1.54, 1.807) is 0 Å². The van der Waals surface area contributed by atoms with Crippen LogP contribution in [0.2, 0.25) is 0 Å². The maximum atomic E-state index is 3.85. The summed E-state index contributed by atoms with van der Waals surface area (Å²) in [6, 6.07) is 1.66. The first kappa shape index (κ1) is 17.3. The quantitative estimate of drug-likeness (QED) is 0.711. The molecule has 2 rings (SSSR count). The van der Waals surface area contributed by atoms with Crippen LogP contribution in [0.3, 0.4) is 0 Å². The first-order valence-corrected chi connectivity index (χ1v) is 9.68. The van der Waals surface area contributed by atoms with E-state index in [1.807, 2.05) is 0 Å². The second-order valence-corrected chi connectivity index (χ2v) is 7.67. The van der Waals surface area contributed by atoms with E-state index in [4.69, 9.17) is 0 Å². The van der Waals surface area contributed by atoms with Crippen molar-refractivity contribution in [2.45, 2.75) is 90.1 Å². The van der Waals surface area contributed by atoms with Gasteiger partial charge in [-0.05, 0) is 64.0 Å². The Kier molecular flexibility index (Phi) is 7.53. The van der Waals surface area contributed by atoms with Gasteiger partial charge in [-0.3, -0.25) is 0 Å². The number of rotatable bonds is 8. The minimum atomic E-state index is 0.780. The fraction of sp³-hybridized carbons (Fsp3) is 1.00. The van der Waals surface area contributed by atoms with Gasteiger partial charge in [-0.15, -0.1) is 0 Å². The first-order chi connectivity index (χ1) is 10.2. The molecule has 0 aliphatic heterocycles. The van der Waals surface area contributed by atoms with Gasteiger partial charge in [0.15, 0.2) is 0 Å². The Labute approximate surface area is 133 Å². The molecular formula is C19H38N2. The summed E-state index contributed by atoms with van der Waals surface area (Å²) in [5, 5.41) is 3.85. The van der Waals surface area contributed by atoms with Gasteiger partial charge in [0.2, 0.25) is 0 Å². The molecule has 2 aliphatic rings. The van der Waals surface area contributed by atoms with Crippen molar-refractivity contribution >= 4 is 0 Å². The van der Waals surface area contributed by atoms with Crippen molar-refractivity contribution in [2.75, 3.05) is 20.1 Å². The largest absolute Gasteiger partial charge is 0.314 e. The van der Waals surface area contributed by atoms with Crippen molar-refractivity contribution in [1.29, 1.82) is 0 Å². The average molecular weight is 295 g/mol. The smallest absolute Gasteiger partial charge is 0.0108 e. The number of nitrogens with one attached hydrogen (secondary N) is 1. The molecule has 1 N–H and O–H groups in total. The van der Waals surface area contributed by atoms with E-state index in [1.165, 1.54) is 77.3 Å². The van der Waals surface area contributed by atoms with Gasteiger partial charge < -0.3 is 10.2 Å². The van der Waals surface area contributed by atoms with E-state index in [0.29, 0.717) is 0 Å².